The standard InChI is InChI=1S/C12H17NO4/c1-2-17-12(16)6-4-3-5-9-13-10(14)7-8-11(13)15/h7-8H,2-6,9H2,1H3. The largest absolute Gasteiger partial charge is 0.466 e. The van der Waals surface area contributed by atoms with E-state index in [1.165, 1.54) is 17.1 Å². The molecule has 0 aromatic heterocycles. The monoisotopic (exact) mass is 239 g/mol. The Hall–Kier alpha value is -1.65. The number of ether oxygens (including phenoxy) is 1. The van der Waals surface area contributed by atoms with Crippen LogP contribution < -0.4 is 0 Å². The van der Waals surface area contributed by atoms with Crippen LogP contribution in [0.2, 0.25) is 0 Å². The van der Waals surface area contributed by atoms with Gasteiger partial charge in [0.1, 0.15) is 0 Å². The third-order valence-corrected chi connectivity index (χ3v) is 2.47. The molecular formula is C12H17NO4. The van der Waals surface area contributed by atoms with Crippen molar-refractivity contribution >= 4 is 17.8 Å². The second-order valence-electron chi connectivity index (χ2n) is 3.78. The molecule has 0 spiro atoms. The van der Waals surface area contributed by atoms with Crippen LogP contribution in [0.4, 0.5) is 0 Å². The van der Waals surface area contributed by atoms with E-state index in [2.05, 4.69) is 0 Å². The van der Waals surface area contributed by atoms with Crippen molar-refractivity contribution in [2.24, 2.45) is 0 Å². The summed E-state index contributed by atoms with van der Waals surface area (Å²) in [5.41, 5.74) is 0. The summed E-state index contributed by atoms with van der Waals surface area (Å²) in [4.78, 5) is 34.6. The van der Waals surface area contributed by atoms with Crippen molar-refractivity contribution < 1.29 is 19.1 Å². The minimum Gasteiger partial charge on any atom is -0.466 e. The second kappa shape index (κ2) is 6.83. The van der Waals surface area contributed by atoms with Gasteiger partial charge in [-0.05, 0) is 19.8 Å². The summed E-state index contributed by atoms with van der Waals surface area (Å²) in [6.07, 6.45) is 5.20. The molecule has 5 heteroatoms. The van der Waals surface area contributed by atoms with Crippen molar-refractivity contribution in [1.29, 1.82) is 0 Å². The zero-order valence-electron chi connectivity index (χ0n) is 9.98. The van der Waals surface area contributed by atoms with Gasteiger partial charge in [-0.2, -0.15) is 0 Å². The lowest BCUT2D eigenvalue weighted by molar-refractivity contribution is -0.143. The third-order valence-electron chi connectivity index (χ3n) is 2.47. The Morgan fingerprint density at radius 1 is 1.18 bits per heavy atom. The SMILES string of the molecule is CCOC(=O)CCCCCN1C(=O)C=CC1=O. The van der Waals surface area contributed by atoms with Crippen molar-refractivity contribution in [3.63, 3.8) is 0 Å². The number of carbonyl (C=O) groups is 3. The molecule has 0 unspecified atom stereocenters. The van der Waals surface area contributed by atoms with Gasteiger partial charge in [0.25, 0.3) is 11.8 Å². The van der Waals surface area contributed by atoms with Crippen molar-refractivity contribution in [2.45, 2.75) is 32.6 Å². The minimum absolute atomic E-state index is 0.192. The Morgan fingerprint density at radius 3 is 2.41 bits per heavy atom. The molecule has 1 heterocycles. The molecule has 0 radical (unpaired) electrons. The van der Waals surface area contributed by atoms with E-state index in [0.29, 0.717) is 19.6 Å². The van der Waals surface area contributed by atoms with Crippen LogP contribution in [0.25, 0.3) is 0 Å². The normalized spacial score (nSPS) is 14.5. The molecule has 0 aromatic carbocycles. The number of amides is 2. The molecule has 0 fully saturated rings. The summed E-state index contributed by atoms with van der Waals surface area (Å²) in [5, 5.41) is 0. The Balaban J connectivity index is 2.07. The number of hydrogen-bond donors (Lipinski definition) is 0. The first-order valence-corrected chi connectivity index (χ1v) is 5.84. The predicted octanol–water partition coefficient (Wildman–Crippen LogP) is 1.03. The zero-order valence-corrected chi connectivity index (χ0v) is 9.98. The van der Waals surface area contributed by atoms with E-state index in [9.17, 15) is 14.4 Å². The lowest BCUT2D eigenvalue weighted by Gasteiger charge is -2.12. The summed E-state index contributed by atoms with van der Waals surface area (Å²) in [5.74, 6) is -0.691. The molecule has 0 saturated heterocycles. The second-order valence-corrected chi connectivity index (χ2v) is 3.78. The van der Waals surface area contributed by atoms with Gasteiger partial charge in [-0.15, -0.1) is 0 Å². The highest BCUT2D eigenvalue weighted by Gasteiger charge is 2.22. The molecule has 0 aliphatic carbocycles. The van der Waals surface area contributed by atoms with E-state index in [1.54, 1.807) is 6.92 Å². The number of nitrogens with zero attached hydrogens (tertiary/aromatic N) is 1. The summed E-state index contributed by atoms with van der Waals surface area (Å²) in [7, 11) is 0. The molecule has 0 bridgehead atoms. The first-order valence-electron chi connectivity index (χ1n) is 5.84. The van der Waals surface area contributed by atoms with Gasteiger partial charge >= 0.3 is 5.97 Å². The third kappa shape index (κ3) is 4.38. The van der Waals surface area contributed by atoms with Crippen LogP contribution in [0.5, 0.6) is 0 Å². The Morgan fingerprint density at radius 2 is 1.82 bits per heavy atom. The van der Waals surface area contributed by atoms with Crippen LogP contribution >= 0.6 is 0 Å². The number of rotatable bonds is 7. The molecule has 94 valence electrons. The summed E-state index contributed by atoms with van der Waals surface area (Å²) < 4.78 is 4.79. The summed E-state index contributed by atoms with van der Waals surface area (Å²) in [6.45, 7) is 2.60. The van der Waals surface area contributed by atoms with Gasteiger partial charge in [0, 0.05) is 25.1 Å². The molecule has 5 nitrogen and oxygen atoms in total. The van der Waals surface area contributed by atoms with E-state index in [1.807, 2.05) is 0 Å². The molecule has 0 aromatic rings. The molecule has 17 heavy (non-hydrogen) atoms. The Kier molecular flexibility index (Phi) is 5.39. The van der Waals surface area contributed by atoms with Crippen molar-refractivity contribution in [2.75, 3.05) is 13.2 Å². The van der Waals surface area contributed by atoms with Gasteiger partial charge in [0.05, 0.1) is 6.61 Å². The number of imide groups is 1. The van der Waals surface area contributed by atoms with Gasteiger partial charge in [0.15, 0.2) is 0 Å². The predicted molar refractivity (Wildman–Crippen MR) is 61.0 cm³/mol. The lowest BCUT2D eigenvalue weighted by atomic mass is 10.2. The number of esters is 1. The first kappa shape index (κ1) is 13.4. The van der Waals surface area contributed by atoms with Crippen LogP contribution in [0.3, 0.4) is 0 Å². The molecule has 0 N–H and O–H groups in total. The van der Waals surface area contributed by atoms with Gasteiger partial charge in [-0.3, -0.25) is 19.3 Å². The molecular weight excluding hydrogens is 222 g/mol. The van der Waals surface area contributed by atoms with E-state index in [4.69, 9.17) is 4.74 Å². The Bertz CT molecular complexity index is 317. The highest BCUT2D eigenvalue weighted by atomic mass is 16.5. The highest BCUT2D eigenvalue weighted by molar-refractivity contribution is 6.12. The molecule has 0 saturated carbocycles. The fourth-order valence-electron chi connectivity index (χ4n) is 1.60. The minimum atomic E-state index is -0.250. The van der Waals surface area contributed by atoms with Gasteiger partial charge in [-0.1, -0.05) is 6.42 Å². The average Bonchev–Trinajstić information content (AvgIpc) is 2.60. The lowest BCUT2D eigenvalue weighted by Crippen LogP contribution is -2.30. The highest BCUT2D eigenvalue weighted by Crippen LogP contribution is 2.07. The quantitative estimate of drug-likeness (QED) is 0.378. The van der Waals surface area contributed by atoms with Gasteiger partial charge in [-0.25, -0.2) is 0 Å². The first-order chi connectivity index (χ1) is 8.15. The average molecular weight is 239 g/mol. The van der Waals surface area contributed by atoms with Crippen LogP contribution in [0.15, 0.2) is 12.2 Å². The van der Waals surface area contributed by atoms with Crippen molar-refractivity contribution in [3.05, 3.63) is 12.2 Å². The van der Waals surface area contributed by atoms with Crippen LogP contribution in [0.1, 0.15) is 32.6 Å². The molecule has 1 aliphatic heterocycles. The molecule has 1 aliphatic rings. The zero-order chi connectivity index (χ0) is 12.7. The maximum Gasteiger partial charge on any atom is 0.305 e. The molecule has 2 amide bonds. The summed E-state index contributed by atoms with van der Waals surface area (Å²) >= 11 is 0. The number of hydrogen-bond acceptors (Lipinski definition) is 4. The van der Waals surface area contributed by atoms with Gasteiger partial charge < -0.3 is 4.74 Å². The maximum atomic E-state index is 11.2. The number of unbranched alkanes of at least 4 members (excludes halogenated alkanes) is 2. The summed E-state index contributed by atoms with van der Waals surface area (Å²) in [6, 6.07) is 0. The fourth-order valence-corrected chi connectivity index (χ4v) is 1.60. The topological polar surface area (TPSA) is 63.7 Å². The van der Waals surface area contributed by atoms with Crippen molar-refractivity contribution in [1.82, 2.24) is 4.90 Å². The van der Waals surface area contributed by atoms with E-state index < -0.39 is 0 Å². The van der Waals surface area contributed by atoms with E-state index in [0.717, 1.165) is 19.3 Å². The number of carbonyl (C=O) groups excluding carboxylic acids is 3. The molecule has 0 atom stereocenters. The molecule has 1 rings (SSSR count). The fraction of sp³-hybridized carbons (Fsp3) is 0.583. The van der Waals surface area contributed by atoms with E-state index >= 15 is 0 Å². The van der Waals surface area contributed by atoms with Crippen LogP contribution in [0, 0.1) is 0 Å². The maximum absolute atomic E-state index is 11.2. The smallest absolute Gasteiger partial charge is 0.305 e. The van der Waals surface area contributed by atoms with Crippen molar-refractivity contribution in [3.8, 4) is 0 Å². The van der Waals surface area contributed by atoms with Crippen LogP contribution in [-0.4, -0.2) is 35.8 Å². The Labute approximate surface area is 100 Å². The van der Waals surface area contributed by atoms with Crippen LogP contribution in [-0.2, 0) is 19.1 Å². The van der Waals surface area contributed by atoms with Gasteiger partial charge in [0.2, 0.25) is 0 Å². The van der Waals surface area contributed by atoms with E-state index in [-0.39, 0.29) is 17.8 Å².